The summed E-state index contributed by atoms with van der Waals surface area (Å²) < 4.78 is 38.3. The van der Waals surface area contributed by atoms with Gasteiger partial charge in [-0.1, -0.05) is 0 Å². The number of hydrogen-bond acceptors (Lipinski definition) is 6. The van der Waals surface area contributed by atoms with Crippen LogP contribution in [0.3, 0.4) is 0 Å². The molecule has 0 spiro atoms. The third-order valence-corrected chi connectivity index (χ3v) is 3.86. The van der Waals surface area contributed by atoms with Crippen LogP contribution in [-0.4, -0.2) is 31.7 Å². The van der Waals surface area contributed by atoms with Crippen molar-refractivity contribution in [3.8, 4) is 0 Å². The van der Waals surface area contributed by atoms with Crippen molar-refractivity contribution in [2.24, 2.45) is 0 Å². The van der Waals surface area contributed by atoms with Gasteiger partial charge in [-0.15, -0.1) is 0 Å². The summed E-state index contributed by atoms with van der Waals surface area (Å²) in [5, 5.41) is 0. The molecule has 0 bridgehead atoms. The van der Waals surface area contributed by atoms with Gasteiger partial charge in [0.1, 0.15) is 0 Å². The molecule has 0 rings (SSSR count). The van der Waals surface area contributed by atoms with Gasteiger partial charge in [-0.05, 0) is 0 Å². The van der Waals surface area contributed by atoms with Gasteiger partial charge in [0.2, 0.25) is 0 Å². The normalized spacial score (nSPS) is 14.9. The van der Waals surface area contributed by atoms with Crippen LogP contribution in [0, 0.1) is 41.3 Å². The van der Waals surface area contributed by atoms with E-state index in [1.54, 1.807) is 0 Å². The van der Waals surface area contributed by atoms with Crippen LogP contribution >= 0.6 is 15.6 Å². The molecule has 85 valence electrons. The molecule has 0 aliphatic rings. The van der Waals surface area contributed by atoms with Crippen molar-refractivity contribution >= 4 is 15.6 Å². The van der Waals surface area contributed by atoms with Crippen LogP contribution < -0.4 is 0 Å². The summed E-state index contributed by atoms with van der Waals surface area (Å²) >= 11 is 0. The quantitative estimate of drug-likeness (QED) is 0.683. The Bertz CT molecular complexity index is 223. The van der Waals surface area contributed by atoms with E-state index in [0.29, 0.717) is 0 Å². The van der Waals surface area contributed by atoms with Crippen molar-refractivity contribution in [2.45, 2.75) is 0 Å². The summed E-state index contributed by atoms with van der Waals surface area (Å²) in [6, 6.07) is 0. The second kappa shape index (κ2) is 8.70. The molecule has 11 heteroatoms. The maximum absolute atomic E-state index is 11.0. The minimum Gasteiger partial charge on any atom is -0.412 e. The topological polar surface area (TPSA) is 123 Å². The molecule has 0 aliphatic heterocycles. The summed E-state index contributed by atoms with van der Waals surface area (Å²) in [4.78, 5) is 8.70. The zero-order chi connectivity index (χ0) is 9.83. The third-order valence-electron chi connectivity index (χ3n) is 0.881. The predicted molar refractivity (Wildman–Crippen MR) is 43.2 cm³/mol. The van der Waals surface area contributed by atoms with Crippen LogP contribution in [0.5, 0.6) is 0 Å². The molecule has 0 heterocycles. The second-order valence-corrected chi connectivity index (χ2v) is 5.13. The van der Waals surface area contributed by atoms with Gasteiger partial charge in [0, 0.05) is 62.6 Å². The average Bonchev–Trinajstić information content (AvgIpc) is 2.04. The molecule has 0 aliphatic carbocycles. The molecule has 1 atom stereocenters. The Morgan fingerprint density at radius 2 is 1.36 bits per heavy atom. The van der Waals surface area contributed by atoms with E-state index in [1.807, 2.05) is 0 Å². The van der Waals surface area contributed by atoms with Gasteiger partial charge in [0.15, 0.2) is 0 Å². The summed E-state index contributed by atoms with van der Waals surface area (Å²) in [5.74, 6) is 0. The smallest absolute Gasteiger partial charge is 0.412 e. The van der Waals surface area contributed by atoms with Gasteiger partial charge in [-0.3, -0.25) is 13.6 Å². The van der Waals surface area contributed by atoms with E-state index in [-0.39, 0.29) is 46.8 Å². The number of phosphoric acid groups is 2. The fraction of sp³-hybridized carbons (Fsp3) is 1.00. The second-order valence-electron chi connectivity index (χ2n) is 1.55. The van der Waals surface area contributed by atoms with Crippen molar-refractivity contribution in [1.29, 1.82) is 0 Å². The molecule has 3 N–H and O–H groups in total. The fourth-order valence-electron chi connectivity index (χ4n) is 0.301. The van der Waals surface area contributed by atoms with Crippen molar-refractivity contribution in [2.75, 3.05) is 21.3 Å². The summed E-state index contributed by atoms with van der Waals surface area (Å²) in [6.07, 6.45) is 0. The zero-order valence-electron chi connectivity index (χ0n) is 7.87. The molecule has 8 nitrogen and oxygen atoms in total. The van der Waals surface area contributed by atoms with E-state index in [2.05, 4.69) is 17.9 Å². The van der Waals surface area contributed by atoms with Crippen LogP contribution in [0.25, 0.3) is 0 Å². The molecule has 14 heavy (non-hydrogen) atoms. The zero-order valence-corrected chi connectivity index (χ0v) is 13.4. The van der Waals surface area contributed by atoms with E-state index >= 15 is 0 Å². The van der Waals surface area contributed by atoms with Crippen LogP contribution in [0.2, 0.25) is 0 Å². The van der Waals surface area contributed by atoms with Gasteiger partial charge in [0.05, 0.1) is 0 Å². The molecule has 1 unspecified atom stereocenters. The Hall–Kier alpha value is 1.58. The molecule has 0 aromatic rings. The first-order valence-electron chi connectivity index (χ1n) is 2.70. The van der Waals surface area contributed by atoms with Gasteiger partial charge in [-0.25, -0.2) is 9.13 Å². The minimum atomic E-state index is -4.34. The average molecular weight is 379 g/mol. The standard InChI is InChI=1S/C3H10O7P2.H2O.Pr/c1-7-11(4,5)10-12(6,8-2)9-3;;/h1-3H3,(H,4,5);1H2;. The Balaban J connectivity index is -0.000000605. The van der Waals surface area contributed by atoms with E-state index < -0.39 is 15.6 Å². The third kappa shape index (κ3) is 7.82. The Kier molecular flexibility index (Phi) is 13.0. The van der Waals surface area contributed by atoms with E-state index in [9.17, 15) is 9.13 Å². The number of hydrogen-bond donors (Lipinski definition) is 1. The van der Waals surface area contributed by atoms with Crippen LogP contribution in [0.4, 0.5) is 0 Å². The molecule has 1 radical (unpaired) electrons. The van der Waals surface area contributed by atoms with Gasteiger partial charge < -0.3 is 10.4 Å². The number of phosphoric ester groups is 2. The van der Waals surface area contributed by atoms with Gasteiger partial charge >= 0.3 is 15.6 Å². The summed E-state index contributed by atoms with van der Waals surface area (Å²) in [6.45, 7) is 0. The maximum atomic E-state index is 11.0. The van der Waals surface area contributed by atoms with Crippen molar-refractivity contribution in [3.05, 3.63) is 0 Å². The summed E-state index contributed by atoms with van der Waals surface area (Å²) in [5.41, 5.74) is 0. The van der Waals surface area contributed by atoms with Crippen LogP contribution in [0.15, 0.2) is 0 Å². The maximum Gasteiger partial charge on any atom is 0.483 e. The SMILES string of the molecule is COP(=O)(O)OP(=O)(OC)OC.O.[Pr]. The van der Waals surface area contributed by atoms with E-state index in [4.69, 9.17) is 4.89 Å². The first-order chi connectivity index (χ1) is 5.39. The predicted octanol–water partition coefficient (Wildman–Crippen LogP) is 0.326. The molecule has 0 fully saturated rings. The molecule has 0 saturated heterocycles. The van der Waals surface area contributed by atoms with Gasteiger partial charge in [-0.2, -0.15) is 4.31 Å². The molecular weight excluding hydrogens is 367 g/mol. The van der Waals surface area contributed by atoms with E-state index in [0.717, 1.165) is 21.3 Å². The fourth-order valence-corrected chi connectivity index (χ4v) is 2.26. The van der Waals surface area contributed by atoms with E-state index in [1.165, 1.54) is 0 Å². The number of rotatable bonds is 5. The molecule has 0 amide bonds. The first kappa shape index (κ1) is 20.9. The van der Waals surface area contributed by atoms with Crippen LogP contribution in [-0.2, 0) is 27.0 Å². The largest absolute Gasteiger partial charge is 0.483 e. The van der Waals surface area contributed by atoms with Crippen molar-refractivity contribution < 1.29 is 78.7 Å². The Morgan fingerprint density at radius 3 is 1.57 bits per heavy atom. The van der Waals surface area contributed by atoms with Crippen LogP contribution in [0.1, 0.15) is 0 Å². The minimum absolute atomic E-state index is 0. The molecule has 0 aromatic carbocycles. The Labute approximate surface area is 115 Å². The molecule has 0 aromatic heterocycles. The first-order valence-corrected chi connectivity index (χ1v) is 5.66. The summed E-state index contributed by atoms with van der Waals surface area (Å²) in [7, 11) is -5.34. The monoisotopic (exact) mass is 379 g/mol. The van der Waals surface area contributed by atoms with Crippen molar-refractivity contribution in [3.63, 3.8) is 0 Å². The molecule has 0 saturated carbocycles. The van der Waals surface area contributed by atoms with Gasteiger partial charge in [0.25, 0.3) is 0 Å². The molecular formula is C3H12O8P2Pr. The van der Waals surface area contributed by atoms with Crippen molar-refractivity contribution in [1.82, 2.24) is 0 Å². The Morgan fingerprint density at radius 1 is 1.00 bits per heavy atom.